The maximum absolute atomic E-state index is 11.9. The number of nitrogens with zero attached hydrogens (tertiary/aromatic N) is 1. The molecule has 2 atom stereocenters. The Hall–Kier alpha value is -1.43. The summed E-state index contributed by atoms with van der Waals surface area (Å²) in [6.07, 6.45) is 0.600. The molecule has 1 fully saturated rings. The molecular weight excluding hydrogens is 234 g/mol. The first-order valence-electron chi connectivity index (χ1n) is 6.01. The van der Waals surface area contributed by atoms with E-state index in [9.17, 15) is 14.4 Å². The van der Waals surface area contributed by atoms with Gasteiger partial charge in [-0.3, -0.25) is 19.3 Å². The minimum Gasteiger partial charge on any atom is -0.343 e. The fourth-order valence-electron chi connectivity index (χ4n) is 1.70. The molecule has 1 rings (SSSR count). The smallest absolute Gasteiger partial charge is 0.251 e. The summed E-state index contributed by atoms with van der Waals surface area (Å²) >= 11 is 0. The van der Waals surface area contributed by atoms with Gasteiger partial charge in [-0.05, 0) is 11.8 Å². The van der Waals surface area contributed by atoms with Crippen LogP contribution in [0, 0.1) is 5.41 Å². The Labute approximate surface area is 107 Å². The Bertz CT molecular complexity index is 373. The van der Waals surface area contributed by atoms with Crippen molar-refractivity contribution >= 4 is 17.7 Å². The van der Waals surface area contributed by atoms with E-state index in [1.54, 1.807) is 0 Å². The van der Waals surface area contributed by atoms with Crippen molar-refractivity contribution in [2.24, 2.45) is 11.1 Å². The van der Waals surface area contributed by atoms with Crippen LogP contribution in [0.1, 0.15) is 33.6 Å². The number of hydrogen-bond donors (Lipinski definition) is 2. The first-order chi connectivity index (χ1) is 8.14. The molecule has 0 spiro atoms. The number of carbonyl (C=O) groups excluding carboxylic acids is 3. The van der Waals surface area contributed by atoms with E-state index in [1.165, 1.54) is 7.05 Å². The average Bonchev–Trinajstić information content (AvgIpc) is 2.27. The normalized spacial score (nSPS) is 22.9. The predicted octanol–water partition coefficient (Wildman–Crippen LogP) is -0.377. The van der Waals surface area contributed by atoms with Crippen molar-refractivity contribution < 1.29 is 14.4 Å². The molecule has 1 heterocycles. The third-order valence-electron chi connectivity index (χ3n) is 3.18. The lowest BCUT2D eigenvalue weighted by molar-refractivity contribution is -0.149. The van der Waals surface area contributed by atoms with Crippen molar-refractivity contribution in [2.75, 3.05) is 7.05 Å². The lowest BCUT2D eigenvalue weighted by atomic mass is 9.86. The van der Waals surface area contributed by atoms with Crippen LogP contribution in [0.4, 0.5) is 0 Å². The highest BCUT2D eigenvalue weighted by molar-refractivity contribution is 6.01. The summed E-state index contributed by atoms with van der Waals surface area (Å²) in [5, 5.41) is 2.62. The number of nitrogens with two attached hydrogens (primary N) is 1. The van der Waals surface area contributed by atoms with Gasteiger partial charge in [-0.25, -0.2) is 0 Å². The van der Waals surface area contributed by atoms with Crippen LogP contribution in [0.3, 0.4) is 0 Å². The number of rotatable bonds is 2. The maximum Gasteiger partial charge on any atom is 0.251 e. The average molecular weight is 255 g/mol. The van der Waals surface area contributed by atoms with Crippen LogP contribution in [0.2, 0.25) is 0 Å². The summed E-state index contributed by atoms with van der Waals surface area (Å²) in [4.78, 5) is 36.0. The van der Waals surface area contributed by atoms with Crippen LogP contribution in [0.5, 0.6) is 0 Å². The van der Waals surface area contributed by atoms with E-state index in [0.717, 1.165) is 4.90 Å². The number of likely N-dealkylation sites (tertiary alicyclic amines) is 1. The van der Waals surface area contributed by atoms with E-state index in [0.29, 0.717) is 6.42 Å². The third kappa shape index (κ3) is 3.07. The van der Waals surface area contributed by atoms with Crippen LogP contribution < -0.4 is 11.1 Å². The zero-order chi connectivity index (χ0) is 14.1. The summed E-state index contributed by atoms with van der Waals surface area (Å²) in [5.74, 6) is -0.949. The quantitative estimate of drug-likeness (QED) is 0.658. The molecule has 0 aliphatic carbocycles. The second-order valence-corrected chi connectivity index (χ2v) is 5.73. The van der Waals surface area contributed by atoms with Gasteiger partial charge in [-0.2, -0.15) is 0 Å². The highest BCUT2D eigenvalue weighted by Crippen LogP contribution is 2.18. The predicted molar refractivity (Wildman–Crippen MR) is 66.4 cm³/mol. The molecule has 1 saturated heterocycles. The molecule has 0 aromatic rings. The molecule has 0 aromatic carbocycles. The van der Waals surface area contributed by atoms with Gasteiger partial charge in [-0.15, -0.1) is 0 Å². The minimum absolute atomic E-state index is 0.217. The Morgan fingerprint density at radius 1 is 1.44 bits per heavy atom. The van der Waals surface area contributed by atoms with E-state index >= 15 is 0 Å². The molecule has 0 radical (unpaired) electrons. The van der Waals surface area contributed by atoms with Crippen LogP contribution in [-0.2, 0) is 14.4 Å². The van der Waals surface area contributed by atoms with E-state index in [-0.39, 0.29) is 29.6 Å². The van der Waals surface area contributed by atoms with Crippen LogP contribution >= 0.6 is 0 Å². The lowest BCUT2D eigenvalue weighted by Gasteiger charge is -2.31. The van der Waals surface area contributed by atoms with Gasteiger partial charge in [-0.1, -0.05) is 20.8 Å². The molecule has 0 bridgehead atoms. The van der Waals surface area contributed by atoms with E-state index in [4.69, 9.17) is 5.73 Å². The van der Waals surface area contributed by atoms with Crippen molar-refractivity contribution in [1.82, 2.24) is 10.2 Å². The zero-order valence-corrected chi connectivity index (χ0v) is 11.3. The highest BCUT2D eigenvalue weighted by atomic mass is 16.2. The molecule has 3 amide bonds. The fraction of sp³-hybridized carbons (Fsp3) is 0.750. The van der Waals surface area contributed by atoms with Crippen molar-refractivity contribution in [1.29, 1.82) is 0 Å². The largest absolute Gasteiger partial charge is 0.343 e. The number of hydrogen-bond acceptors (Lipinski definition) is 4. The highest BCUT2D eigenvalue weighted by Gasteiger charge is 2.35. The number of piperidine rings is 1. The summed E-state index contributed by atoms with van der Waals surface area (Å²) < 4.78 is 0. The first-order valence-corrected chi connectivity index (χ1v) is 6.01. The summed E-state index contributed by atoms with van der Waals surface area (Å²) in [6, 6.07) is -1.33. The SMILES string of the molecule is CN1C(=O)CCC(NC(=O)[C@H](N)C(C)(C)C)C1=O. The van der Waals surface area contributed by atoms with Crippen molar-refractivity contribution in [3.05, 3.63) is 0 Å². The number of carbonyl (C=O) groups is 3. The topological polar surface area (TPSA) is 92.5 Å². The van der Waals surface area contributed by atoms with Crippen molar-refractivity contribution in [3.8, 4) is 0 Å². The van der Waals surface area contributed by atoms with E-state index in [1.807, 2.05) is 20.8 Å². The maximum atomic E-state index is 11.9. The molecule has 3 N–H and O–H groups in total. The van der Waals surface area contributed by atoms with Gasteiger partial charge in [0.25, 0.3) is 5.91 Å². The molecule has 0 aromatic heterocycles. The molecule has 102 valence electrons. The standard InChI is InChI=1S/C12H21N3O3/c1-12(2,3)9(13)10(17)14-7-5-6-8(16)15(4)11(7)18/h7,9H,5-6,13H2,1-4H3,(H,14,17)/t7?,9-/m0/s1. The number of likely N-dealkylation sites (N-methyl/N-ethyl adjacent to an activating group) is 1. The van der Waals surface area contributed by atoms with Gasteiger partial charge >= 0.3 is 0 Å². The zero-order valence-electron chi connectivity index (χ0n) is 11.3. The fourth-order valence-corrected chi connectivity index (χ4v) is 1.70. The van der Waals surface area contributed by atoms with Gasteiger partial charge in [0, 0.05) is 13.5 Å². The Kier molecular flexibility index (Phi) is 4.11. The minimum atomic E-state index is -0.687. The Morgan fingerprint density at radius 2 is 2.00 bits per heavy atom. The number of nitrogens with one attached hydrogen (secondary N) is 1. The summed E-state index contributed by atoms with van der Waals surface area (Å²) in [5.41, 5.74) is 5.44. The summed E-state index contributed by atoms with van der Waals surface area (Å²) in [7, 11) is 1.42. The van der Waals surface area contributed by atoms with E-state index in [2.05, 4.69) is 5.32 Å². The van der Waals surface area contributed by atoms with Gasteiger partial charge in [0.1, 0.15) is 6.04 Å². The van der Waals surface area contributed by atoms with Gasteiger partial charge in [0.05, 0.1) is 6.04 Å². The molecule has 1 aliphatic heterocycles. The molecular formula is C12H21N3O3. The Morgan fingerprint density at radius 3 is 2.50 bits per heavy atom. The molecule has 6 nitrogen and oxygen atoms in total. The van der Waals surface area contributed by atoms with Gasteiger partial charge in [0.2, 0.25) is 11.8 Å². The summed E-state index contributed by atoms with van der Waals surface area (Å²) in [6.45, 7) is 5.57. The molecule has 1 aliphatic rings. The first kappa shape index (κ1) is 14.6. The Balaban J connectivity index is 2.66. The molecule has 1 unspecified atom stereocenters. The number of amides is 3. The van der Waals surface area contributed by atoms with E-state index < -0.39 is 12.1 Å². The molecule has 18 heavy (non-hydrogen) atoms. The number of imide groups is 1. The second-order valence-electron chi connectivity index (χ2n) is 5.73. The van der Waals surface area contributed by atoms with Crippen molar-refractivity contribution in [2.45, 2.75) is 45.7 Å². The van der Waals surface area contributed by atoms with Crippen LogP contribution in [-0.4, -0.2) is 41.8 Å². The molecule has 6 heteroatoms. The molecule has 0 saturated carbocycles. The third-order valence-corrected chi connectivity index (χ3v) is 3.18. The van der Waals surface area contributed by atoms with Gasteiger partial charge in [0.15, 0.2) is 0 Å². The second kappa shape index (κ2) is 5.06. The van der Waals surface area contributed by atoms with Crippen LogP contribution in [0.15, 0.2) is 0 Å². The van der Waals surface area contributed by atoms with Gasteiger partial charge < -0.3 is 11.1 Å². The lowest BCUT2D eigenvalue weighted by Crippen LogP contribution is -2.57. The van der Waals surface area contributed by atoms with Crippen molar-refractivity contribution in [3.63, 3.8) is 0 Å². The van der Waals surface area contributed by atoms with Crippen LogP contribution in [0.25, 0.3) is 0 Å². The monoisotopic (exact) mass is 255 g/mol.